The minimum atomic E-state index is -0.404. The Morgan fingerprint density at radius 1 is 1.29 bits per heavy atom. The van der Waals surface area contributed by atoms with Crippen LogP contribution in [0.25, 0.3) is 0 Å². The van der Waals surface area contributed by atoms with Gasteiger partial charge in [-0.05, 0) is 63.5 Å². The number of ether oxygens (including phenoxy) is 1. The van der Waals surface area contributed by atoms with Crippen LogP contribution in [0.15, 0.2) is 22.7 Å². The van der Waals surface area contributed by atoms with E-state index in [-0.39, 0.29) is 5.54 Å². The maximum Gasteiger partial charge on any atom is 0.119 e. The summed E-state index contributed by atoms with van der Waals surface area (Å²) < 4.78 is 6.31. The van der Waals surface area contributed by atoms with Crippen LogP contribution in [0, 0.1) is 0 Å². The first kappa shape index (κ1) is 16.8. The largest absolute Gasteiger partial charge is 0.497 e. The molecular formula is C17H26BrNO2. The van der Waals surface area contributed by atoms with Gasteiger partial charge in [0, 0.05) is 16.4 Å². The first-order valence-electron chi connectivity index (χ1n) is 7.70. The number of methoxy groups -OCH3 is 1. The van der Waals surface area contributed by atoms with Crippen LogP contribution in [-0.4, -0.2) is 41.8 Å². The predicted octanol–water partition coefficient (Wildman–Crippen LogP) is 3.63. The number of piperidine rings is 1. The molecule has 2 rings (SSSR count). The van der Waals surface area contributed by atoms with Gasteiger partial charge in [-0.3, -0.25) is 4.90 Å². The molecule has 0 spiro atoms. The molecule has 1 unspecified atom stereocenters. The van der Waals surface area contributed by atoms with Crippen molar-refractivity contribution in [3.8, 4) is 5.75 Å². The molecule has 21 heavy (non-hydrogen) atoms. The van der Waals surface area contributed by atoms with Crippen LogP contribution in [0.2, 0.25) is 0 Å². The molecule has 0 aliphatic carbocycles. The lowest BCUT2D eigenvalue weighted by molar-refractivity contribution is -0.0187. The number of rotatable bonds is 5. The van der Waals surface area contributed by atoms with Crippen LogP contribution >= 0.6 is 15.9 Å². The van der Waals surface area contributed by atoms with E-state index in [1.165, 1.54) is 19.3 Å². The summed E-state index contributed by atoms with van der Waals surface area (Å²) in [5.74, 6) is 0.830. The summed E-state index contributed by atoms with van der Waals surface area (Å²) in [6, 6.07) is 5.91. The lowest BCUT2D eigenvalue weighted by Gasteiger charge is -2.44. The van der Waals surface area contributed by atoms with Crippen LogP contribution in [0.4, 0.5) is 0 Å². The van der Waals surface area contributed by atoms with Crippen molar-refractivity contribution in [1.82, 2.24) is 4.90 Å². The molecular weight excluding hydrogens is 330 g/mol. The van der Waals surface area contributed by atoms with Crippen LogP contribution in [-0.2, 0) is 6.42 Å². The van der Waals surface area contributed by atoms with Crippen molar-refractivity contribution in [2.45, 2.75) is 51.2 Å². The molecule has 3 nitrogen and oxygen atoms in total. The van der Waals surface area contributed by atoms with E-state index in [0.29, 0.717) is 6.42 Å². The Balaban J connectivity index is 2.10. The molecule has 1 heterocycles. The smallest absolute Gasteiger partial charge is 0.119 e. The second-order valence-corrected chi connectivity index (χ2v) is 7.23. The third-order valence-corrected chi connectivity index (χ3v) is 5.43. The van der Waals surface area contributed by atoms with Gasteiger partial charge in [-0.2, -0.15) is 0 Å². The van der Waals surface area contributed by atoms with Gasteiger partial charge in [0.25, 0.3) is 0 Å². The van der Waals surface area contributed by atoms with Crippen molar-refractivity contribution in [3.63, 3.8) is 0 Å². The summed E-state index contributed by atoms with van der Waals surface area (Å²) >= 11 is 3.57. The number of hydrogen-bond acceptors (Lipinski definition) is 3. The summed E-state index contributed by atoms with van der Waals surface area (Å²) in [7, 11) is 1.67. The summed E-state index contributed by atoms with van der Waals surface area (Å²) in [5.41, 5.74) is 0.884. The standard InChI is InChI=1S/C17H26BrNO2/c1-17(2,19-9-5-4-6-10-19)16(20)12-13-11-14(21-3)7-8-15(13)18/h7-8,11,16,20H,4-6,9-10,12H2,1-3H3. The van der Waals surface area contributed by atoms with E-state index >= 15 is 0 Å². The van der Waals surface area contributed by atoms with Crippen molar-refractivity contribution in [2.75, 3.05) is 20.2 Å². The molecule has 0 saturated carbocycles. The molecule has 1 atom stereocenters. The van der Waals surface area contributed by atoms with Crippen LogP contribution < -0.4 is 4.74 Å². The van der Waals surface area contributed by atoms with Gasteiger partial charge in [0.05, 0.1) is 13.2 Å². The average Bonchev–Trinajstić information content (AvgIpc) is 2.50. The highest BCUT2D eigenvalue weighted by molar-refractivity contribution is 9.10. The molecule has 1 N–H and O–H groups in total. The lowest BCUT2D eigenvalue weighted by atomic mass is 9.88. The molecule has 1 fully saturated rings. The molecule has 4 heteroatoms. The number of hydrogen-bond donors (Lipinski definition) is 1. The Kier molecular flexibility index (Phi) is 5.69. The first-order chi connectivity index (χ1) is 9.95. The molecule has 1 aliphatic heterocycles. The molecule has 0 radical (unpaired) electrons. The molecule has 0 bridgehead atoms. The van der Waals surface area contributed by atoms with Gasteiger partial charge < -0.3 is 9.84 Å². The monoisotopic (exact) mass is 355 g/mol. The fourth-order valence-corrected chi connectivity index (χ4v) is 3.38. The van der Waals surface area contributed by atoms with Crippen molar-refractivity contribution >= 4 is 15.9 Å². The summed E-state index contributed by atoms with van der Waals surface area (Å²) in [6.45, 7) is 6.47. The number of nitrogens with zero attached hydrogens (tertiary/aromatic N) is 1. The average molecular weight is 356 g/mol. The number of likely N-dealkylation sites (tertiary alicyclic amines) is 1. The van der Waals surface area contributed by atoms with Gasteiger partial charge in [-0.1, -0.05) is 22.4 Å². The Morgan fingerprint density at radius 3 is 2.57 bits per heavy atom. The first-order valence-corrected chi connectivity index (χ1v) is 8.50. The second kappa shape index (κ2) is 7.12. The molecule has 1 aromatic rings. The van der Waals surface area contributed by atoms with E-state index in [9.17, 15) is 5.11 Å². The Hall–Kier alpha value is -0.580. The Labute approximate surface area is 136 Å². The van der Waals surface area contributed by atoms with E-state index in [1.807, 2.05) is 18.2 Å². The number of aliphatic hydroxyl groups is 1. The molecule has 1 aromatic carbocycles. The zero-order valence-electron chi connectivity index (χ0n) is 13.2. The summed E-state index contributed by atoms with van der Waals surface area (Å²) in [6.07, 6.45) is 4.00. The molecule has 0 aromatic heterocycles. The van der Waals surface area contributed by atoms with E-state index in [4.69, 9.17) is 4.74 Å². The van der Waals surface area contributed by atoms with E-state index in [1.54, 1.807) is 7.11 Å². The SMILES string of the molecule is COc1ccc(Br)c(CC(O)C(C)(C)N2CCCCC2)c1. The van der Waals surface area contributed by atoms with Gasteiger partial charge in [-0.25, -0.2) is 0 Å². The zero-order valence-corrected chi connectivity index (χ0v) is 14.8. The van der Waals surface area contributed by atoms with Gasteiger partial charge >= 0.3 is 0 Å². The normalized spacial score (nSPS) is 18.5. The molecule has 0 amide bonds. The van der Waals surface area contributed by atoms with Gasteiger partial charge in [0.2, 0.25) is 0 Å². The van der Waals surface area contributed by atoms with E-state index in [2.05, 4.69) is 34.7 Å². The minimum absolute atomic E-state index is 0.205. The zero-order chi connectivity index (χ0) is 15.5. The van der Waals surface area contributed by atoms with Crippen LogP contribution in [0.1, 0.15) is 38.7 Å². The quantitative estimate of drug-likeness (QED) is 0.875. The van der Waals surface area contributed by atoms with Crippen molar-refractivity contribution in [3.05, 3.63) is 28.2 Å². The highest BCUT2D eigenvalue weighted by atomic mass is 79.9. The number of aliphatic hydroxyl groups excluding tert-OH is 1. The number of halogens is 1. The highest BCUT2D eigenvalue weighted by Crippen LogP contribution is 2.29. The van der Waals surface area contributed by atoms with Gasteiger partial charge in [0.15, 0.2) is 0 Å². The molecule has 118 valence electrons. The summed E-state index contributed by atoms with van der Waals surface area (Å²) in [4.78, 5) is 2.43. The minimum Gasteiger partial charge on any atom is -0.497 e. The van der Waals surface area contributed by atoms with Gasteiger partial charge in [-0.15, -0.1) is 0 Å². The second-order valence-electron chi connectivity index (χ2n) is 6.38. The maximum absolute atomic E-state index is 10.8. The summed E-state index contributed by atoms with van der Waals surface area (Å²) in [5, 5.41) is 10.8. The number of benzene rings is 1. The Morgan fingerprint density at radius 2 is 1.95 bits per heavy atom. The van der Waals surface area contributed by atoms with Crippen LogP contribution in [0.3, 0.4) is 0 Å². The van der Waals surface area contributed by atoms with Gasteiger partial charge in [0.1, 0.15) is 5.75 Å². The van der Waals surface area contributed by atoms with Crippen molar-refractivity contribution in [1.29, 1.82) is 0 Å². The van der Waals surface area contributed by atoms with Crippen molar-refractivity contribution < 1.29 is 9.84 Å². The van der Waals surface area contributed by atoms with E-state index in [0.717, 1.165) is 28.9 Å². The van der Waals surface area contributed by atoms with Crippen LogP contribution in [0.5, 0.6) is 5.75 Å². The topological polar surface area (TPSA) is 32.7 Å². The third-order valence-electron chi connectivity index (χ3n) is 4.65. The predicted molar refractivity (Wildman–Crippen MR) is 89.9 cm³/mol. The fraction of sp³-hybridized carbons (Fsp3) is 0.647. The fourth-order valence-electron chi connectivity index (χ4n) is 2.97. The highest BCUT2D eigenvalue weighted by Gasteiger charge is 2.35. The maximum atomic E-state index is 10.8. The third kappa shape index (κ3) is 3.99. The molecule has 1 saturated heterocycles. The molecule has 1 aliphatic rings. The van der Waals surface area contributed by atoms with E-state index < -0.39 is 6.10 Å². The lowest BCUT2D eigenvalue weighted by Crippen LogP contribution is -2.54. The Bertz CT molecular complexity index is 470. The van der Waals surface area contributed by atoms with Crippen molar-refractivity contribution in [2.24, 2.45) is 0 Å².